The first-order valence-electron chi connectivity index (χ1n) is 6.97. The van der Waals surface area contributed by atoms with Gasteiger partial charge in [-0.15, -0.1) is 0 Å². The molecule has 0 aliphatic heterocycles. The topological polar surface area (TPSA) is 0 Å². The summed E-state index contributed by atoms with van der Waals surface area (Å²) in [5, 5.41) is 0. The monoisotopic (exact) mass is 256 g/mol. The predicted octanol–water partition coefficient (Wildman–Crippen LogP) is 6.31. The summed E-state index contributed by atoms with van der Waals surface area (Å²) in [4.78, 5) is 0. The SMILES string of the molecule is C=CC=CCC=C(C)C=CC=C(C)CCC=C(C)C. The van der Waals surface area contributed by atoms with Gasteiger partial charge in [-0.05, 0) is 47.0 Å². The molecule has 0 heteroatoms. The highest BCUT2D eigenvalue weighted by atomic mass is 13.9. The molecule has 0 atom stereocenters. The summed E-state index contributed by atoms with van der Waals surface area (Å²) >= 11 is 0. The van der Waals surface area contributed by atoms with Crippen LogP contribution in [0.4, 0.5) is 0 Å². The number of rotatable bonds is 8. The van der Waals surface area contributed by atoms with Crippen molar-refractivity contribution in [2.45, 2.75) is 47.0 Å². The molecule has 0 N–H and O–H groups in total. The molecule has 104 valence electrons. The Hall–Kier alpha value is -1.56. The third-order valence-electron chi connectivity index (χ3n) is 2.68. The van der Waals surface area contributed by atoms with Gasteiger partial charge in [-0.25, -0.2) is 0 Å². The van der Waals surface area contributed by atoms with Crippen molar-refractivity contribution in [1.29, 1.82) is 0 Å². The smallest absolute Gasteiger partial charge is 0.0160 e. The highest BCUT2D eigenvalue weighted by molar-refractivity contribution is 5.23. The van der Waals surface area contributed by atoms with Crippen LogP contribution in [-0.4, -0.2) is 0 Å². The molecule has 0 aliphatic rings. The minimum Gasteiger partial charge on any atom is -0.0991 e. The molecule has 0 aliphatic carbocycles. The molecule has 0 aromatic carbocycles. The Morgan fingerprint density at radius 3 is 2.37 bits per heavy atom. The molecule has 0 amide bonds. The normalized spacial score (nSPS) is 13.3. The summed E-state index contributed by atoms with van der Waals surface area (Å²) in [5.74, 6) is 0. The molecular formula is C19H28. The van der Waals surface area contributed by atoms with Crippen molar-refractivity contribution >= 4 is 0 Å². The van der Waals surface area contributed by atoms with Crippen molar-refractivity contribution in [2.75, 3.05) is 0 Å². The van der Waals surface area contributed by atoms with Gasteiger partial charge in [0.1, 0.15) is 0 Å². The van der Waals surface area contributed by atoms with Gasteiger partial charge in [0.2, 0.25) is 0 Å². The van der Waals surface area contributed by atoms with Crippen LogP contribution in [-0.2, 0) is 0 Å². The Kier molecular flexibility index (Phi) is 10.6. The van der Waals surface area contributed by atoms with Crippen molar-refractivity contribution in [2.24, 2.45) is 0 Å². The summed E-state index contributed by atoms with van der Waals surface area (Å²) in [6.07, 6.45) is 20.1. The van der Waals surface area contributed by atoms with Gasteiger partial charge in [-0.3, -0.25) is 0 Å². The van der Waals surface area contributed by atoms with E-state index in [1.54, 1.807) is 6.08 Å². The van der Waals surface area contributed by atoms with Crippen LogP contribution < -0.4 is 0 Å². The van der Waals surface area contributed by atoms with E-state index < -0.39 is 0 Å². The average Bonchev–Trinajstić information content (AvgIpc) is 2.34. The van der Waals surface area contributed by atoms with Gasteiger partial charge in [0, 0.05) is 0 Å². The lowest BCUT2D eigenvalue weighted by Crippen LogP contribution is -1.76. The lowest BCUT2D eigenvalue weighted by molar-refractivity contribution is 0.967. The minimum atomic E-state index is 0.964. The molecule has 0 unspecified atom stereocenters. The summed E-state index contributed by atoms with van der Waals surface area (Å²) < 4.78 is 0. The Labute approximate surface area is 119 Å². The lowest BCUT2D eigenvalue weighted by atomic mass is 10.1. The second-order valence-electron chi connectivity index (χ2n) is 5.04. The molecule has 0 nitrogen and oxygen atoms in total. The first-order valence-corrected chi connectivity index (χ1v) is 6.97. The van der Waals surface area contributed by atoms with E-state index >= 15 is 0 Å². The fraction of sp³-hybridized carbons (Fsp3) is 0.368. The Bertz CT molecular complexity index is 394. The summed E-state index contributed by atoms with van der Waals surface area (Å²) in [7, 11) is 0. The van der Waals surface area contributed by atoms with Crippen LogP contribution in [0.15, 0.2) is 71.9 Å². The van der Waals surface area contributed by atoms with Crippen molar-refractivity contribution in [3.8, 4) is 0 Å². The zero-order valence-electron chi connectivity index (χ0n) is 12.9. The van der Waals surface area contributed by atoms with Crippen LogP contribution in [0.1, 0.15) is 47.0 Å². The van der Waals surface area contributed by atoms with Gasteiger partial charge in [-0.1, -0.05) is 71.9 Å². The zero-order chi connectivity index (χ0) is 14.5. The molecule has 0 fully saturated rings. The van der Waals surface area contributed by atoms with Crippen LogP contribution in [0.5, 0.6) is 0 Å². The highest BCUT2D eigenvalue weighted by Crippen LogP contribution is 2.07. The fourth-order valence-electron chi connectivity index (χ4n) is 1.53. The summed E-state index contributed by atoms with van der Waals surface area (Å²) in [6, 6.07) is 0. The largest absolute Gasteiger partial charge is 0.0991 e. The van der Waals surface area contributed by atoms with Gasteiger partial charge in [0.05, 0.1) is 0 Å². The number of hydrogen-bond acceptors (Lipinski definition) is 0. The van der Waals surface area contributed by atoms with Crippen molar-refractivity contribution in [1.82, 2.24) is 0 Å². The summed E-state index contributed by atoms with van der Waals surface area (Å²) in [6.45, 7) is 12.3. The highest BCUT2D eigenvalue weighted by Gasteiger charge is 1.87. The van der Waals surface area contributed by atoms with E-state index in [-0.39, 0.29) is 0 Å². The van der Waals surface area contributed by atoms with Crippen LogP contribution in [0.2, 0.25) is 0 Å². The molecule has 19 heavy (non-hydrogen) atoms. The Morgan fingerprint density at radius 2 is 1.74 bits per heavy atom. The molecule has 0 heterocycles. The standard InChI is InChI=1S/C19H28/c1-6-7-8-9-13-18(4)15-11-16-19(5)14-10-12-17(2)3/h6-8,11-13,15-16H,1,9-10,14H2,2-5H3. The van der Waals surface area contributed by atoms with E-state index in [1.807, 2.05) is 6.08 Å². The maximum Gasteiger partial charge on any atom is -0.0160 e. The van der Waals surface area contributed by atoms with Crippen LogP contribution in [0.3, 0.4) is 0 Å². The van der Waals surface area contributed by atoms with E-state index in [9.17, 15) is 0 Å². The maximum atomic E-state index is 3.65. The maximum absolute atomic E-state index is 3.65. The first kappa shape index (κ1) is 17.4. The molecule has 0 rings (SSSR count). The summed E-state index contributed by atoms with van der Waals surface area (Å²) in [5.41, 5.74) is 4.12. The van der Waals surface area contributed by atoms with E-state index in [1.165, 1.54) is 16.7 Å². The number of allylic oxidation sites excluding steroid dienone is 11. The first-order chi connectivity index (χ1) is 9.06. The Balaban J connectivity index is 4.13. The minimum absolute atomic E-state index is 0.964. The second-order valence-corrected chi connectivity index (χ2v) is 5.04. The van der Waals surface area contributed by atoms with E-state index in [4.69, 9.17) is 0 Å². The molecular weight excluding hydrogens is 228 g/mol. The third kappa shape index (κ3) is 12.7. The quantitative estimate of drug-likeness (QED) is 0.352. The molecule has 0 aromatic rings. The molecule has 0 bridgehead atoms. The number of hydrogen-bond donors (Lipinski definition) is 0. The average molecular weight is 256 g/mol. The molecule has 0 radical (unpaired) electrons. The van der Waals surface area contributed by atoms with Crippen LogP contribution >= 0.6 is 0 Å². The van der Waals surface area contributed by atoms with E-state index in [0.29, 0.717) is 0 Å². The van der Waals surface area contributed by atoms with Gasteiger partial charge in [-0.2, -0.15) is 0 Å². The third-order valence-corrected chi connectivity index (χ3v) is 2.68. The lowest BCUT2D eigenvalue weighted by Gasteiger charge is -1.96. The van der Waals surface area contributed by atoms with E-state index in [0.717, 1.165) is 19.3 Å². The fourth-order valence-corrected chi connectivity index (χ4v) is 1.53. The molecule has 0 aromatic heterocycles. The van der Waals surface area contributed by atoms with Crippen molar-refractivity contribution < 1.29 is 0 Å². The van der Waals surface area contributed by atoms with Gasteiger partial charge in [0.15, 0.2) is 0 Å². The van der Waals surface area contributed by atoms with Gasteiger partial charge >= 0.3 is 0 Å². The zero-order valence-corrected chi connectivity index (χ0v) is 12.9. The molecule has 0 saturated heterocycles. The van der Waals surface area contributed by atoms with Crippen LogP contribution in [0.25, 0.3) is 0 Å². The Morgan fingerprint density at radius 1 is 1.00 bits per heavy atom. The van der Waals surface area contributed by atoms with Gasteiger partial charge in [0.25, 0.3) is 0 Å². The van der Waals surface area contributed by atoms with E-state index in [2.05, 4.69) is 70.7 Å². The van der Waals surface area contributed by atoms with Crippen molar-refractivity contribution in [3.05, 3.63) is 71.9 Å². The van der Waals surface area contributed by atoms with Crippen LogP contribution in [0, 0.1) is 0 Å². The van der Waals surface area contributed by atoms with Gasteiger partial charge < -0.3 is 0 Å². The second kappa shape index (κ2) is 11.5. The predicted molar refractivity (Wildman–Crippen MR) is 89.3 cm³/mol. The molecule has 0 saturated carbocycles. The molecule has 0 spiro atoms. The van der Waals surface area contributed by atoms with Crippen molar-refractivity contribution in [3.63, 3.8) is 0 Å².